The normalized spacial score (nSPS) is 15.1. The molecule has 1 aliphatic rings. The van der Waals surface area contributed by atoms with E-state index in [1.165, 1.54) is 4.90 Å². The molecule has 120 valence electrons. The fourth-order valence-corrected chi connectivity index (χ4v) is 2.30. The van der Waals surface area contributed by atoms with Crippen molar-refractivity contribution in [2.75, 3.05) is 18.9 Å². The number of amides is 2. The van der Waals surface area contributed by atoms with Crippen molar-refractivity contribution in [2.24, 2.45) is 0 Å². The maximum atomic E-state index is 12.3. The van der Waals surface area contributed by atoms with Crippen LogP contribution in [0, 0.1) is 6.92 Å². The standard InChI is InChI=1S/C16H22ClN3O2/c1-10-4-5-13(8-14(10)17)18-11(2)16(22)20(3)9-15(21)19-12-6-7-12/h4-5,8,11-12,18H,6-7,9H2,1-3H3,(H,19,21). The minimum absolute atomic E-state index is 0.0794. The molecule has 6 heteroatoms. The maximum absolute atomic E-state index is 12.3. The predicted molar refractivity (Wildman–Crippen MR) is 88.1 cm³/mol. The zero-order chi connectivity index (χ0) is 16.3. The van der Waals surface area contributed by atoms with E-state index in [0.29, 0.717) is 11.1 Å². The topological polar surface area (TPSA) is 61.4 Å². The molecule has 1 aliphatic carbocycles. The Morgan fingerprint density at radius 2 is 2.09 bits per heavy atom. The van der Waals surface area contributed by atoms with Crippen LogP contribution in [0.15, 0.2) is 18.2 Å². The number of carbonyl (C=O) groups excluding carboxylic acids is 2. The number of hydrogen-bond donors (Lipinski definition) is 2. The first-order valence-electron chi connectivity index (χ1n) is 7.44. The van der Waals surface area contributed by atoms with Gasteiger partial charge in [-0.1, -0.05) is 17.7 Å². The maximum Gasteiger partial charge on any atom is 0.244 e. The summed E-state index contributed by atoms with van der Waals surface area (Å²) in [5, 5.41) is 6.64. The zero-order valence-electron chi connectivity index (χ0n) is 13.1. The summed E-state index contributed by atoms with van der Waals surface area (Å²) in [6, 6.07) is 5.44. The Kier molecular flexibility index (Phi) is 5.29. The van der Waals surface area contributed by atoms with Gasteiger partial charge in [-0.05, 0) is 44.4 Å². The van der Waals surface area contributed by atoms with Crippen LogP contribution in [-0.2, 0) is 9.59 Å². The van der Waals surface area contributed by atoms with Gasteiger partial charge in [0.15, 0.2) is 0 Å². The first-order chi connectivity index (χ1) is 10.4. The molecule has 1 saturated carbocycles. The Morgan fingerprint density at radius 3 is 2.68 bits per heavy atom. The van der Waals surface area contributed by atoms with Gasteiger partial charge in [-0.25, -0.2) is 0 Å². The minimum atomic E-state index is -0.433. The Bertz CT molecular complexity index is 573. The molecule has 5 nitrogen and oxygen atoms in total. The minimum Gasteiger partial charge on any atom is -0.374 e. The van der Waals surface area contributed by atoms with Crippen LogP contribution in [0.25, 0.3) is 0 Å². The van der Waals surface area contributed by atoms with E-state index >= 15 is 0 Å². The van der Waals surface area contributed by atoms with Gasteiger partial charge >= 0.3 is 0 Å². The zero-order valence-corrected chi connectivity index (χ0v) is 13.9. The second-order valence-electron chi connectivity index (χ2n) is 5.87. The summed E-state index contributed by atoms with van der Waals surface area (Å²) in [5.74, 6) is -0.244. The van der Waals surface area contributed by atoms with Gasteiger partial charge < -0.3 is 15.5 Å². The quantitative estimate of drug-likeness (QED) is 0.843. The highest BCUT2D eigenvalue weighted by Crippen LogP contribution is 2.21. The lowest BCUT2D eigenvalue weighted by Crippen LogP contribution is -2.44. The monoisotopic (exact) mass is 323 g/mol. The fraction of sp³-hybridized carbons (Fsp3) is 0.500. The number of hydrogen-bond acceptors (Lipinski definition) is 3. The molecule has 1 unspecified atom stereocenters. The van der Waals surface area contributed by atoms with Crippen molar-refractivity contribution in [3.05, 3.63) is 28.8 Å². The third kappa shape index (κ3) is 4.63. The van der Waals surface area contributed by atoms with Crippen molar-refractivity contribution in [1.82, 2.24) is 10.2 Å². The molecule has 0 spiro atoms. The lowest BCUT2D eigenvalue weighted by atomic mass is 10.2. The summed E-state index contributed by atoms with van der Waals surface area (Å²) in [6.45, 7) is 3.77. The number of halogens is 1. The van der Waals surface area contributed by atoms with Crippen LogP contribution in [0.1, 0.15) is 25.3 Å². The molecule has 1 fully saturated rings. The molecule has 0 saturated heterocycles. The van der Waals surface area contributed by atoms with Crippen LogP contribution in [-0.4, -0.2) is 42.4 Å². The molecule has 2 amide bonds. The average Bonchev–Trinajstić information content (AvgIpc) is 3.25. The van der Waals surface area contributed by atoms with Gasteiger partial charge in [0.05, 0.1) is 6.54 Å². The van der Waals surface area contributed by atoms with E-state index in [0.717, 1.165) is 24.1 Å². The molecule has 0 aliphatic heterocycles. The predicted octanol–water partition coefficient (Wildman–Crippen LogP) is 2.19. The lowest BCUT2D eigenvalue weighted by molar-refractivity contribution is -0.135. The van der Waals surface area contributed by atoms with Crippen molar-refractivity contribution in [3.63, 3.8) is 0 Å². The average molecular weight is 324 g/mol. The van der Waals surface area contributed by atoms with Crippen LogP contribution in [0.5, 0.6) is 0 Å². The molecular formula is C16H22ClN3O2. The number of nitrogens with one attached hydrogen (secondary N) is 2. The van der Waals surface area contributed by atoms with Gasteiger partial charge in [0.25, 0.3) is 0 Å². The summed E-state index contributed by atoms with van der Waals surface area (Å²) in [7, 11) is 1.63. The number of benzene rings is 1. The second kappa shape index (κ2) is 7.01. The summed E-state index contributed by atoms with van der Waals surface area (Å²) in [4.78, 5) is 25.5. The van der Waals surface area contributed by atoms with Crippen LogP contribution < -0.4 is 10.6 Å². The molecule has 2 rings (SSSR count). The highest BCUT2D eigenvalue weighted by molar-refractivity contribution is 6.31. The van der Waals surface area contributed by atoms with Gasteiger partial charge in [0.1, 0.15) is 6.04 Å². The van der Waals surface area contributed by atoms with Crippen molar-refractivity contribution in [2.45, 2.75) is 38.8 Å². The first-order valence-corrected chi connectivity index (χ1v) is 7.81. The molecule has 0 radical (unpaired) electrons. The lowest BCUT2D eigenvalue weighted by Gasteiger charge is -2.22. The van der Waals surface area contributed by atoms with Gasteiger partial charge in [0.2, 0.25) is 11.8 Å². The second-order valence-corrected chi connectivity index (χ2v) is 6.27. The van der Waals surface area contributed by atoms with E-state index in [1.54, 1.807) is 20.0 Å². The van der Waals surface area contributed by atoms with Crippen LogP contribution >= 0.6 is 11.6 Å². The molecule has 1 aromatic rings. The number of anilines is 1. The van der Waals surface area contributed by atoms with Crippen molar-refractivity contribution >= 4 is 29.1 Å². The molecule has 22 heavy (non-hydrogen) atoms. The van der Waals surface area contributed by atoms with Crippen molar-refractivity contribution in [1.29, 1.82) is 0 Å². The molecular weight excluding hydrogens is 302 g/mol. The van der Waals surface area contributed by atoms with Gasteiger partial charge in [-0.3, -0.25) is 9.59 Å². The van der Waals surface area contributed by atoms with Gasteiger partial charge in [-0.2, -0.15) is 0 Å². The molecule has 1 atom stereocenters. The molecule has 2 N–H and O–H groups in total. The summed E-state index contributed by atoms with van der Waals surface area (Å²) < 4.78 is 0. The number of rotatable bonds is 6. The smallest absolute Gasteiger partial charge is 0.244 e. The summed E-state index contributed by atoms with van der Waals surface area (Å²) in [5.41, 5.74) is 1.77. The largest absolute Gasteiger partial charge is 0.374 e. The van der Waals surface area contributed by atoms with E-state index in [-0.39, 0.29) is 18.4 Å². The molecule has 0 aromatic heterocycles. The van der Waals surface area contributed by atoms with E-state index in [2.05, 4.69) is 10.6 Å². The fourth-order valence-electron chi connectivity index (χ4n) is 2.12. The Labute approximate surface area is 136 Å². The van der Waals surface area contributed by atoms with Crippen LogP contribution in [0.2, 0.25) is 5.02 Å². The molecule has 0 bridgehead atoms. The third-order valence-corrected chi connectivity index (χ3v) is 4.03. The third-order valence-electron chi connectivity index (χ3n) is 3.62. The van der Waals surface area contributed by atoms with E-state index in [4.69, 9.17) is 11.6 Å². The number of nitrogens with zero attached hydrogens (tertiary/aromatic N) is 1. The highest BCUT2D eigenvalue weighted by Gasteiger charge is 2.25. The van der Waals surface area contributed by atoms with Crippen LogP contribution in [0.4, 0.5) is 5.69 Å². The van der Waals surface area contributed by atoms with Gasteiger partial charge in [-0.15, -0.1) is 0 Å². The van der Waals surface area contributed by atoms with Crippen LogP contribution in [0.3, 0.4) is 0 Å². The Morgan fingerprint density at radius 1 is 1.41 bits per heavy atom. The Hall–Kier alpha value is -1.75. The van der Waals surface area contributed by atoms with Gasteiger partial charge in [0, 0.05) is 23.8 Å². The van der Waals surface area contributed by atoms with Crippen molar-refractivity contribution in [3.8, 4) is 0 Å². The molecule has 0 heterocycles. The molecule has 1 aromatic carbocycles. The first kappa shape index (κ1) is 16.6. The summed E-state index contributed by atoms with van der Waals surface area (Å²) >= 11 is 6.07. The van der Waals surface area contributed by atoms with E-state index in [9.17, 15) is 9.59 Å². The van der Waals surface area contributed by atoms with Crippen molar-refractivity contribution < 1.29 is 9.59 Å². The number of carbonyl (C=O) groups is 2. The number of likely N-dealkylation sites (N-methyl/N-ethyl adjacent to an activating group) is 1. The Balaban J connectivity index is 1.86. The highest BCUT2D eigenvalue weighted by atomic mass is 35.5. The SMILES string of the molecule is Cc1ccc(NC(C)C(=O)N(C)CC(=O)NC2CC2)cc1Cl. The van der Waals surface area contributed by atoms with E-state index < -0.39 is 6.04 Å². The summed E-state index contributed by atoms with van der Waals surface area (Å²) in [6.07, 6.45) is 2.07. The number of aryl methyl sites for hydroxylation is 1. The van der Waals surface area contributed by atoms with E-state index in [1.807, 2.05) is 19.1 Å².